The van der Waals surface area contributed by atoms with E-state index < -0.39 is 29.8 Å². The van der Waals surface area contributed by atoms with Crippen molar-refractivity contribution in [3.63, 3.8) is 0 Å². The largest absolute Gasteiger partial charge is 0.390 e. The molecule has 188 valence electrons. The van der Waals surface area contributed by atoms with Crippen LogP contribution in [-0.2, 0) is 4.74 Å². The number of nitrogens with one attached hydrogen (secondary N) is 2. The van der Waals surface area contributed by atoms with E-state index in [4.69, 9.17) is 19.7 Å². The number of rotatable bonds is 6. The molecule has 10 nitrogen and oxygen atoms in total. The third-order valence-corrected chi connectivity index (χ3v) is 8.01. The highest BCUT2D eigenvalue weighted by atomic mass is 32.1. The van der Waals surface area contributed by atoms with Gasteiger partial charge in [-0.3, -0.25) is 4.98 Å². The average Bonchev–Trinajstić information content (AvgIpc) is 3.50. The van der Waals surface area contributed by atoms with Crippen molar-refractivity contribution in [3.05, 3.63) is 23.7 Å². The van der Waals surface area contributed by atoms with Crippen LogP contribution in [0.5, 0.6) is 0 Å². The Hall–Kier alpha value is -2.44. The summed E-state index contributed by atoms with van der Waals surface area (Å²) in [7, 11) is 0. The first-order valence-electron chi connectivity index (χ1n) is 11.9. The predicted octanol–water partition coefficient (Wildman–Crippen LogP) is 2.26. The van der Waals surface area contributed by atoms with E-state index in [1.54, 1.807) is 20.0 Å². The first kappa shape index (κ1) is 24.3. The maximum absolute atomic E-state index is 10.8. The fourth-order valence-corrected chi connectivity index (χ4v) is 6.08. The van der Waals surface area contributed by atoms with Crippen LogP contribution >= 0.6 is 11.3 Å². The highest BCUT2D eigenvalue weighted by Gasteiger charge is 2.48. The van der Waals surface area contributed by atoms with E-state index in [9.17, 15) is 15.3 Å². The van der Waals surface area contributed by atoms with E-state index in [1.165, 1.54) is 11.3 Å². The molecule has 5 atom stereocenters. The van der Waals surface area contributed by atoms with Gasteiger partial charge in [0.25, 0.3) is 0 Å². The Kier molecular flexibility index (Phi) is 6.39. The van der Waals surface area contributed by atoms with Crippen molar-refractivity contribution in [1.29, 1.82) is 0 Å². The lowest BCUT2D eigenvalue weighted by Gasteiger charge is -2.28. The molecule has 11 heteroatoms. The van der Waals surface area contributed by atoms with Crippen LogP contribution < -0.4 is 10.6 Å². The number of pyridine rings is 1. The van der Waals surface area contributed by atoms with E-state index in [2.05, 4.69) is 15.6 Å². The summed E-state index contributed by atoms with van der Waals surface area (Å²) in [6, 6.07) is 1.56. The Balaban J connectivity index is 1.55. The standard InChI is InChI=1S/C24H32N6O4S/c1-11-17(22-29-18-12(2)25-7-5-16(18)35-22)21(30-23(26-11)27-13-6-8-34-10-13)28-15-9-14(24(3,4)33)19(31)20(15)32/h5,7,13-15,19-20,31-33H,6,8-10H2,1-4H3,(H2,26,27,28,30)/t13-,14-,15+,19+,20-/m0/s1. The number of ether oxygens (including phenoxy) is 1. The van der Waals surface area contributed by atoms with Crippen molar-refractivity contribution < 1.29 is 20.1 Å². The van der Waals surface area contributed by atoms with E-state index in [1.807, 2.05) is 19.9 Å². The smallest absolute Gasteiger partial charge is 0.225 e. The quantitative estimate of drug-likeness (QED) is 0.342. The van der Waals surface area contributed by atoms with Gasteiger partial charge >= 0.3 is 0 Å². The van der Waals surface area contributed by atoms with Gasteiger partial charge in [0.05, 0.1) is 52.0 Å². The fraction of sp³-hybridized carbons (Fsp3) is 0.583. The Morgan fingerprint density at radius 3 is 2.54 bits per heavy atom. The minimum Gasteiger partial charge on any atom is -0.390 e. The molecule has 1 aliphatic heterocycles. The lowest BCUT2D eigenvalue weighted by molar-refractivity contribution is -0.0601. The Morgan fingerprint density at radius 1 is 1.09 bits per heavy atom. The van der Waals surface area contributed by atoms with Gasteiger partial charge in [-0.2, -0.15) is 4.98 Å². The van der Waals surface area contributed by atoms with Gasteiger partial charge < -0.3 is 30.7 Å². The van der Waals surface area contributed by atoms with E-state index in [0.29, 0.717) is 31.4 Å². The minimum atomic E-state index is -1.13. The molecule has 0 bridgehead atoms. The summed E-state index contributed by atoms with van der Waals surface area (Å²) < 4.78 is 6.49. The van der Waals surface area contributed by atoms with Crippen molar-refractivity contribution >= 4 is 33.3 Å². The number of aliphatic hydroxyl groups excluding tert-OH is 2. The summed E-state index contributed by atoms with van der Waals surface area (Å²) in [4.78, 5) is 18.7. The number of aliphatic hydroxyl groups is 3. The molecule has 1 aliphatic carbocycles. The van der Waals surface area contributed by atoms with E-state index in [-0.39, 0.29) is 6.04 Å². The normalized spacial score (nSPS) is 27.0. The summed E-state index contributed by atoms with van der Waals surface area (Å²) in [5, 5.41) is 39.4. The van der Waals surface area contributed by atoms with Crippen molar-refractivity contribution in [3.8, 4) is 10.6 Å². The average molecular weight is 501 g/mol. The number of hydrogen-bond donors (Lipinski definition) is 5. The molecule has 0 amide bonds. The monoisotopic (exact) mass is 500 g/mol. The summed E-state index contributed by atoms with van der Waals surface area (Å²) in [5.41, 5.74) is 2.03. The van der Waals surface area contributed by atoms with Crippen LogP contribution in [-0.4, -0.2) is 78.4 Å². The number of fused-ring (bicyclic) bond motifs is 1. The topological polar surface area (TPSA) is 146 Å². The number of thiazole rings is 1. The van der Waals surface area contributed by atoms with Gasteiger partial charge in [-0.05, 0) is 46.6 Å². The van der Waals surface area contributed by atoms with Crippen LogP contribution in [0.15, 0.2) is 12.3 Å². The second-order valence-electron chi connectivity index (χ2n) is 10.1. The predicted molar refractivity (Wildman–Crippen MR) is 135 cm³/mol. The van der Waals surface area contributed by atoms with Crippen LogP contribution in [0, 0.1) is 19.8 Å². The fourth-order valence-electron chi connectivity index (χ4n) is 4.97. The van der Waals surface area contributed by atoms with Gasteiger partial charge in [-0.1, -0.05) is 0 Å². The molecule has 2 fully saturated rings. The van der Waals surface area contributed by atoms with Crippen LogP contribution in [0.3, 0.4) is 0 Å². The second kappa shape index (κ2) is 9.21. The Bertz CT molecular complexity index is 1220. The van der Waals surface area contributed by atoms with Gasteiger partial charge in [-0.15, -0.1) is 11.3 Å². The molecule has 1 saturated carbocycles. The molecule has 3 aromatic rings. The number of nitrogens with zero attached hydrogens (tertiary/aromatic N) is 4. The molecule has 5 N–H and O–H groups in total. The SMILES string of the molecule is Cc1nc(N[C@H]2CCOC2)nc(N[C@@H]2C[C@H](C(C)(C)O)[C@@H](O)[C@H]2O)c1-c1nc2c(C)nccc2s1. The zero-order valence-electron chi connectivity index (χ0n) is 20.3. The lowest BCUT2D eigenvalue weighted by Crippen LogP contribution is -2.40. The number of aromatic nitrogens is 4. The Morgan fingerprint density at radius 2 is 1.89 bits per heavy atom. The van der Waals surface area contributed by atoms with Crippen LogP contribution in [0.2, 0.25) is 0 Å². The highest BCUT2D eigenvalue weighted by Crippen LogP contribution is 2.40. The van der Waals surface area contributed by atoms with Gasteiger partial charge in [0.2, 0.25) is 5.95 Å². The molecule has 0 radical (unpaired) electrons. The Labute approximate surface area is 207 Å². The van der Waals surface area contributed by atoms with E-state index >= 15 is 0 Å². The van der Waals surface area contributed by atoms with Crippen molar-refractivity contribution in [2.45, 2.75) is 70.4 Å². The van der Waals surface area contributed by atoms with Gasteiger partial charge in [0, 0.05) is 18.7 Å². The van der Waals surface area contributed by atoms with Crippen molar-refractivity contribution in [2.24, 2.45) is 5.92 Å². The first-order chi connectivity index (χ1) is 16.6. The van der Waals surface area contributed by atoms with Crippen LogP contribution in [0.25, 0.3) is 20.8 Å². The van der Waals surface area contributed by atoms with Gasteiger partial charge in [-0.25, -0.2) is 9.97 Å². The van der Waals surface area contributed by atoms with Crippen molar-refractivity contribution in [1.82, 2.24) is 19.9 Å². The summed E-state index contributed by atoms with van der Waals surface area (Å²) in [5.74, 6) is 0.511. The maximum Gasteiger partial charge on any atom is 0.225 e. The first-order valence-corrected chi connectivity index (χ1v) is 12.7. The molecule has 0 spiro atoms. The number of aryl methyl sites for hydroxylation is 2. The van der Waals surface area contributed by atoms with E-state index in [0.717, 1.165) is 38.6 Å². The molecule has 5 rings (SSSR count). The van der Waals surface area contributed by atoms with Crippen molar-refractivity contribution in [2.75, 3.05) is 23.8 Å². The number of hydrogen-bond acceptors (Lipinski definition) is 11. The molecule has 1 saturated heterocycles. The van der Waals surface area contributed by atoms with Crippen LogP contribution in [0.1, 0.15) is 38.1 Å². The molecule has 3 aromatic heterocycles. The van der Waals surface area contributed by atoms with Gasteiger partial charge in [0.1, 0.15) is 22.4 Å². The summed E-state index contributed by atoms with van der Waals surface area (Å²) in [6.07, 6.45) is 0.916. The molecule has 2 aliphatic rings. The van der Waals surface area contributed by atoms with Crippen LogP contribution in [0.4, 0.5) is 11.8 Å². The summed E-state index contributed by atoms with van der Waals surface area (Å²) in [6.45, 7) is 8.44. The zero-order valence-corrected chi connectivity index (χ0v) is 21.1. The number of anilines is 2. The highest BCUT2D eigenvalue weighted by molar-refractivity contribution is 7.21. The molecular weight excluding hydrogens is 468 g/mol. The third kappa shape index (κ3) is 4.70. The zero-order chi connectivity index (χ0) is 24.9. The lowest BCUT2D eigenvalue weighted by atomic mass is 9.88. The minimum absolute atomic E-state index is 0.128. The third-order valence-electron chi connectivity index (χ3n) is 6.97. The summed E-state index contributed by atoms with van der Waals surface area (Å²) >= 11 is 1.53. The molecule has 4 heterocycles. The molecule has 35 heavy (non-hydrogen) atoms. The maximum atomic E-state index is 10.8. The molecular formula is C24H32N6O4S. The molecule has 0 aromatic carbocycles. The molecule has 0 unspecified atom stereocenters. The second-order valence-corrected chi connectivity index (χ2v) is 11.1. The van der Waals surface area contributed by atoms with Gasteiger partial charge in [0.15, 0.2) is 0 Å².